The highest BCUT2D eigenvalue weighted by molar-refractivity contribution is 5.76. The fourth-order valence-corrected chi connectivity index (χ4v) is 12.9. The van der Waals surface area contributed by atoms with Crippen LogP contribution in [0.15, 0.2) is 36.5 Å². The second-order valence-electron chi connectivity index (χ2n) is 27.1. The first-order valence-corrected chi connectivity index (χ1v) is 37.7. The summed E-state index contributed by atoms with van der Waals surface area (Å²) < 4.78 is 34.5. The molecule has 3 fully saturated rings. The number of hydrogen-bond acceptors (Lipinski definition) is 18. The summed E-state index contributed by atoms with van der Waals surface area (Å²) >= 11 is 0. The molecule has 0 radical (unpaired) electrons. The molecule has 3 rings (SSSR count). The molecular weight excluding hydrogens is 1190 g/mol. The van der Waals surface area contributed by atoms with Gasteiger partial charge in [-0.05, 0) is 51.4 Å². The zero-order valence-corrected chi connectivity index (χ0v) is 58.0. The molecule has 12 N–H and O–H groups in total. The average molecular weight is 1330 g/mol. The second-order valence-corrected chi connectivity index (χ2v) is 27.1. The van der Waals surface area contributed by atoms with Gasteiger partial charge in [-0.2, -0.15) is 0 Å². The molecule has 19 heteroatoms. The highest BCUT2D eigenvalue weighted by Crippen LogP contribution is 2.33. The van der Waals surface area contributed by atoms with Gasteiger partial charge in [0, 0.05) is 6.42 Å². The number of amides is 1. The van der Waals surface area contributed by atoms with Crippen molar-refractivity contribution in [2.75, 3.05) is 26.4 Å². The van der Waals surface area contributed by atoms with Crippen LogP contribution in [0.5, 0.6) is 0 Å². The molecule has 19 nitrogen and oxygen atoms in total. The molecule has 0 spiro atoms. The molecular formula is C74H137NO18. The molecule has 17 atom stereocenters. The first-order valence-electron chi connectivity index (χ1n) is 37.7. The number of carbonyl (C=O) groups excluding carboxylic acids is 1. The van der Waals surface area contributed by atoms with Gasteiger partial charge >= 0.3 is 0 Å². The lowest BCUT2D eigenvalue weighted by molar-refractivity contribution is -0.379. The van der Waals surface area contributed by atoms with Crippen LogP contribution in [0.3, 0.4) is 0 Å². The predicted molar refractivity (Wildman–Crippen MR) is 365 cm³/mol. The van der Waals surface area contributed by atoms with E-state index in [2.05, 4.69) is 55.6 Å². The van der Waals surface area contributed by atoms with E-state index in [1.165, 1.54) is 205 Å². The number of aliphatic hydroxyl groups is 11. The first kappa shape index (κ1) is 85.2. The van der Waals surface area contributed by atoms with Crippen molar-refractivity contribution in [3.8, 4) is 0 Å². The van der Waals surface area contributed by atoms with Crippen molar-refractivity contribution in [1.82, 2.24) is 5.32 Å². The van der Waals surface area contributed by atoms with Crippen LogP contribution in [0.25, 0.3) is 0 Å². The SMILES string of the molecule is CCCCCCC/C=C\C/C=C\C/C=C\CCCCCCCCCCCCCCCCCCC(=O)NC(COC1OC(CO)C(OC2OC(CO)C(OC3OC(CO)C(O)C(O)C3O)C(O)C2O)C(O)C1O)C(O)CCCCCCCCCCCCCCCCCCC. The van der Waals surface area contributed by atoms with Gasteiger partial charge in [0.15, 0.2) is 18.9 Å². The van der Waals surface area contributed by atoms with Crippen molar-refractivity contribution < 1.29 is 89.4 Å². The van der Waals surface area contributed by atoms with Gasteiger partial charge in [0.2, 0.25) is 5.91 Å². The summed E-state index contributed by atoms with van der Waals surface area (Å²) in [6.45, 7) is 1.82. The monoisotopic (exact) mass is 1330 g/mol. The van der Waals surface area contributed by atoms with E-state index in [0.29, 0.717) is 12.8 Å². The minimum absolute atomic E-state index is 0.239. The fourth-order valence-electron chi connectivity index (χ4n) is 12.9. The topological polar surface area (TPSA) is 307 Å². The van der Waals surface area contributed by atoms with Gasteiger partial charge in [-0.3, -0.25) is 4.79 Å². The van der Waals surface area contributed by atoms with Gasteiger partial charge in [-0.15, -0.1) is 0 Å². The summed E-state index contributed by atoms with van der Waals surface area (Å²) in [7, 11) is 0. The number of carbonyl (C=O) groups is 1. The Labute approximate surface area is 561 Å². The van der Waals surface area contributed by atoms with Crippen LogP contribution in [0, 0.1) is 0 Å². The lowest BCUT2D eigenvalue weighted by atomic mass is 9.96. The fraction of sp³-hybridized carbons (Fsp3) is 0.905. The zero-order valence-electron chi connectivity index (χ0n) is 58.0. The highest BCUT2D eigenvalue weighted by atomic mass is 16.8. The van der Waals surface area contributed by atoms with Gasteiger partial charge in [0.05, 0.1) is 38.6 Å². The molecule has 0 aliphatic carbocycles. The number of ether oxygens (including phenoxy) is 6. The molecule has 0 saturated carbocycles. The van der Waals surface area contributed by atoms with Crippen molar-refractivity contribution in [3.05, 3.63) is 36.5 Å². The van der Waals surface area contributed by atoms with Crippen molar-refractivity contribution in [2.45, 2.75) is 401 Å². The number of nitrogens with one attached hydrogen (secondary N) is 1. The van der Waals surface area contributed by atoms with Crippen molar-refractivity contribution >= 4 is 5.91 Å². The minimum atomic E-state index is -1.97. The van der Waals surface area contributed by atoms with Crippen LogP contribution in [-0.4, -0.2) is 193 Å². The summed E-state index contributed by atoms with van der Waals surface area (Å²) in [6, 6.07) is -0.887. The van der Waals surface area contributed by atoms with Gasteiger partial charge in [0.1, 0.15) is 73.2 Å². The van der Waals surface area contributed by atoms with Crippen LogP contribution in [0.2, 0.25) is 0 Å². The van der Waals surface area contributed by atoms with Crippen LogP contribution in [-0.2, 0) is 33.2 Å². The summed E-state index contributed by atoms with van der Waals surface area (Å²) in [4.78, 5) is 13.5. The third-order valence-electron chi connectivity index (χ3n) is 19.0. The molecule has 17 unspecified atom stereocenters. The molecule has 3 aliphatic rings. The maximum atomic E-state index is 13.5. The van der Waals surface area contributed by atoms with E-state index in [4.69, 9.17) is 28.4 Å². The number of rotatable bonds is 59. The van der Waals surface area contributed by atoms with Crippen LogP contribution in [0.1, 0.15) is 296 Å². The largest absolute Gasteiger partial charge is 0.394 e. The van der Waals surface area contributed by atoms with Gasteiger partial charge in [-0.1, -0.05) is 275 Å². The van der Waals surface area contributed by atoms with E-state index >= 15 is 0 Å². The Morgan fingerprint density at radius 3 is 1.11 bits per heavy atom. The Hall–Kier alpha value is -1.99. The summed E-state index contributed by atoms with van der Waals surface area (Å²) in [5, 5.41) is 121. The lowest BCUT2D eigenvalue weighted by Gasteiger charge is -2.48. The van der Waals surface area contributed by atoms with E-state index in [1.807, 2.05) is 0 Å². The Morgan fingerprint density at radius 1 is 0.387 bits per heavy atom. The number of allylic oxidation sites excluding steroid dienone is 6. The average Bonchev–Trinajstić information content (AvgIpc) is 0.900. The van der Waals surface area contributed by atoms with Crippen LogP contribution >= 0.6 is 0 Å². The maximum absolute atomic E-state index is 13.5. The second kappa shape index (κ2) is 55.8. The number of hydrogen-bond donors (Lipinski definition) is 12. The third-order valence-corrected chi connectivity index (χ3v) is 19.0. The Morgan fingerprint density at radius 2 is 0.710 bits per heavy atom. The van der Waals surface area contributed by atoms with Crippen molar-refractivity contribution in [3.63, 3.8) is 0 Å². The van der Waals surface area contributed by atoms with Gasteiger partial charge < -0.3 is 89.9 Å². The molecule has 3 saturated heterocycles. The number of aliphatic hydroxyl groups excluding tert-OH is 11. The first-order chi connectivity index (χ1) is 45.3. The van der Waals surface area contributed by atoms with E-state index < -0.39 is 124 Å². The lowest BCUT2D eigenvalue weighted by Crippen LogP contribution is -2.66. The standard InChI is InChI=1S/C74H137NO18/c1-3-5-7-9-11-13-15-17-19-21-22-23-24-25-26-27-28-29-30-31-32-33-34-36-38-40-42-44-46-48-50-52-62(80)75-57(58(79)51-49-47-45-43-41-39-37-35-20-18-16-14-12-10-8-6-4-2)56-88-72-68(86)65(83)70(60(54-77)90-72)93-74-69(87)66(84)71(61(55-78)91-74)92-73-67(85)64(82)63(81)59(53-76)89-73/h15,17,21-22,24-25,57-61,63-74,76-79,81-87H,3-14,16,18-20,23,26-56H2,1-2H3,(H,75,80)/b17-15-,22-21-,25-24-. The predicted octanol–water partition coefficient (Wildman–Crippen LogP) is 11.2. The normalized spacial score (nSPS) is 27.7. The molecule has 93 heavy (non-hydrogen) atoms. The summed E-state index contributed by atoms with van der Waals surface area (Å²) in [5.41, 5.74) is 0. The highest BCUT2D eigenvalue weighted by Gasteiger charge is 2.53. The molecule has 0 aromatic rings. The molecule has 3 heterocycles. The van der Waals surface area contributed by atoms with Crippen LogP contribution in [0.4, 0.5) is 0 Å². The van der Waals surface area contributed by atoms with Gasteiger partial charge in [0.25, 0.3) is 0 Å². The molecule has 0 aromatic heterocycles. The van der Waals surface area contributed by atoms with E-state index in [-0.39, 0.29) is 18.9 Å². The molecule has 0 aromatic carbocycles. The zero-order chi connectivity index (χ0) is 67.5. The summed E-state index contributed by atoms with van der Waals surface area (Å²) in [6.07, 6.45) is 39.4. The molecule has 3 aliphatic heterocycles. The Kier molecular flexibility index (Phi) is 51.2. The minimum Gasteiger partial charge on any atom is -0.394 e. The van der Waals surface area contributed by atoms with E-state index in [9.17, 15) is 61.0 Å². The van der Waals surface area contributed by atoms with E-state index in [1.54, 1.807) is 0 Å². The van der Waals surface area contributed by atoms with Crippen molar-refractivity contribution in [1.29, 1.82) is 0 Å². The van der Waals surface area contributed by atoms with Gasteiger partial charge in [-0.25, -0.2) is 0 Å². The summed E-state index contributed by atoms with van der Waals surface area (Å²) in [5.74, 6) is -0.239. The smallest absolute Gasteiger partial charge is 0.220 e. The van der Waals surface area contributed by atoms with Crippen molar-refractivity contribution in [2.24, 2.45) is 0 Å². The third kappa shape index (κ3) is 37.1. The molecule has 1 amide bonds. The Bertz CT molecular complexity index is 1830. The Balaban J connectivity index is 1.37. The van der Waals surface area contributed by atoms with Crippen LogP contribution < -0.4 is 5.32 Å². The molecule has 546 valence electrons. The maximum Gasteiger partial charge on any atom is 0.220 e. The van der Waals surface area contributed by atoms with E-state index in [0.717, 1.165) is 57.8 Å². The molecule has 0 bridgehead atoms. The number of unbranched alkanes of at least 4 members (excludes halogenated alkanes) is 37. The quantitative estimate of drug-likeness (QED) is 0.0199.